The Morgan fingerprint density at radius 2 is 1.85 bits per heavy atom. The smallest absolute Gasteiger partial charge is 0.134 e. The maximum atomic E-state index is 5.58. The molecule has 1 aromatic carbocycles. The van der Waals surface area contributed by atoms with Crippen molar-refractivity contribution in [2.24, 2.45) is 0 Å². The Hall–Kier alpha value is -1.07. The number of hydrogen-bond donors (Lipinski definition) is 0. The molecule has 66 valence electrons. The van der Waals surface area contributed by atoms with Gasteiger partial charge in [0.25, 0.3) is 0 Å². The summed E-state index contributed by atoms with van der Waals surface area (Å²) >= 11 is 0. The highest BCUT2D eigenvalue weighted by atomic mass is 31.0. The van der Waals surface area contributed by atoms with Gasteiger partial charge < -0.3 is 4.42 Å². The Bertz CT molecular complexity index is 384. The molecule has 0 spiro atoms. The Morgan fingerprint density at radius 1 is 1.15 bits per heavy atom. The molecule has 0 aliphatic carbocycles. The van der Waals surface area contributed by atoms with Crippen LogP contribution in [0.15, 0.2) is 40.8 Å². The van der Waals surface area contributed by atoms with Crippen LogP contribution in [-0.2, 0) is 0 Å². The average Bonchev–Trinajstić information content (AvgIpc) is 2.49. The van der Waals surface area contributed by atoms with Crippen molar-refractivity contribution < 1.29 is 4.42 Å². The number of aryl methyl sites for hydroxylation is 1. The summed E-state index contributed by atoms with van der Waals surface area (Å²) in [7, 11) is 2.66. The summed E-state index contributed by atoms with van der Waals surface area (Å²) in [5.74, 6) is 1.90. The standard InChI is InChI=1S/C11H11OP/c1-8-11(13)7-10(12-8)9-5-3-2-4-6-9/h2-7H,13H2,1H3. The van der Waals surface area contributed by atoms with E-state index in [0.717, 1.165) is 22.4 Å². The van der Waals surface area contributed by atoms with Crippen LogP contribution in [0.1, 0.15) is 5.76 Å². The lowest BCUT2D eigenvalue weighted by molar-refractivity contribution is 0.551. The van der Waals surface area contributed by atoms with Crippen LogP contribution in [0, 0.1) is 6.92 Å². The summed E-state index contributed by atoms with van der Waals surface area (Å²) < 4.78 is 5.58. The van der Waals surface area contributed by atoms with Crippen LogP contribution < -0.4 is 5.30 Å². The van der Waals surface area contributed by atoms with Crippen LogP contribution in [0.3, 0.4) is 0 Å². The summed E-state index contributed by atoms with van der Waals surface area (Å²) in [5, 5.41) is 1.12. The van der Waals surface area contributed by atoms with Crippen molar-refractivity contribution in [2.75, 3.05) is 0 Å². The number of rotatable bonds is 1. The zero-order chi connectivity index (χ0) is 9.26. The third kappa shape index (κ3) is 1.66. The highest BCUT2D eigenvalue weighted by Gasteiger charge is 2.04. The Morgan fingerprint density at radius 3 is 2.38 bits per heavy atom. The minimum absolute atomic E-state index is 0.933. The van der Waals surface area contributed by atoms with Gasteiger partial charge in [-0.3, -0.25) is 0 Å². The van der Waals surface area contributed by atoms with Crippen molar-refractivity contribution in [3.8, 4) is 11.3 Å². The molecule has 1 atom stereocenters. The molecule has 13 heavy (non-hydrogen) atoms. The van der Waals surface area contributed by atoms with Gasteiger partial charge in [-0.2, -0.15) is 0 Å². The fraction of sp³-hybridized carbons (Fsp3) is 0.0909. The molecule has 0 saturated heterocycles. The van der Waals surface area contributed by atoms with Gasteiger partial charge in [0, 0.05) is 10.9 Å². The first-order chi connectivity index (χ1) is 6.27. The SMILES string of the molecule is Cc1oc(-c2ccccc2)cc1P. The molecule has 2 rings (SSSR count). The number of benzene rings is 1. The van der Waals surface area contributed by atoms with Crippen molar-refractivity contribution in [3.05, 3.63) is 42.2 Å². The van der Waals surface area contributed by atoms with Gasteiger partial charge in [-0.25, -0.2) is 0 Å². The molecular weight excluding hydrogens is 179 g/mol. The lowest BCUT2D eigenvalue weighted by atomic mass is 10.2. The molecule has 1 unspecified atom stereocenters. The van der Waals surface area contributed by atoms with Gasteiger partial charge in [-0.05, 0) is 13.0 Å². The van der Waals surface area contributed by atoms with E-state index in [1.54, 1.807) is 0 Å². The van der Waals surface area contributed by atoms with Gasteiger partial charge in [0.15, 0.2) is 0 Å². The molecule has 0 bridgehead atoms. The van der Waals surface area contributed by atoms with E-state index in [0.29, 0.717) is 0 Å². The van der Waals surface area contributed by atoms with E-state index in [-0.39, 0.29) is 0 Å². The molecule has 0 saturated carbocycles. The lowest BCUT2D eigenvalue weighted by Crippen LogP contribution is -1.85. The zero-order valence-electron chi connectivity index (χ0n) is 7.45. The van der Waals surface area contributed by atoms with E-state index in [4.69, 9.17) is 4.42 Å². The molecule has 1 aromatic heterocycles. The van der Waals surface area contributed by atoms with E-state index in [9.17, 15) is 0 Å². The molecule has 0 aliphatic rings. The lowest BCUT2D eigenvalue weighted by Gasteiger charge is -1.93. The maximum absolute atomic E-state index is 5.58. The number of hydrogen-bond acceptors (Lipinski definition) is 1. The summed E-state index contributed by atoms with van der Waals surface area (Å²) in [5.41, 5.74) is 1.12. The number of furan rings is 1. The van der Waals surface area contributed by atoms with Crippen molar-refractivity contribution in [1.82, 2.24) is 0 Å². The molecule has 0 aliphatic heterocycles. The molecule has 2 aromatic rings. The van der Waals surface area contributed by atoms with E-state index in [1.165, 1.54) is 0 Å². The first kappa shape index (κ1) is 8.52. The summed E-state index contributed by atoms with van der Waals surface area (Å²) in [6.07, 6.45) is 0. The van der Waals surface area contributed by atoms with E-state index >= 15 is 0 Å². The van der Waals surface area contributed by atoms with E-state index < -0.39 is 0 Å². The normalized spacial score (nSPS) is 10.3. The van der Waals surface area contributed by atoms with Crippen molar-refractivity contribution in [3.63, 3.8) is 0 Å². The first-order valence-corrected chi connectivity index (χ1v) is 4.76. The van der Waals surface area contributed by atoms with Gasteiger partial charge in [0.05, 0.1) is 0 Å². The summed E-state index contributed by atoms with van der Waals surface area (Å²) in [6, 6.07) is 12.1. The Kier molecular flexibility index (Phi) is 2.20. The van der Waals surface area contributed by atoms with Gasteiger partial charge in [-0.15, -0.1) is 9.24 Å². The molecule has 1 nitrogen and oxygen atoms in total. The van der Waals surface area contributed by atoms with Crippen LogP contribution >= 0.6 is 9.24 Å². The second kappa shape index (κ2) is 3.35. The van der Waals surface area contributed by atoms with E-state index in [2.05, 4.69) is 9.24 Å². The molecule has 2 heteroatoms. The van der Waals surface area contributed by atoms with E-state index in [1.807, 2.05) is 43.3 Å². The average molecular weight is 190 g/mol. The topological polar surface area (TPSA) is 13.1 Å². The van der Waals surface area contributed by atoms with Gasteiger partial charge in [-0.1, -0.05) is 30.3 Å². The van der Waals surface area contributed by atoms with Crippen LogP contribution in [0.5, 0.6) is 0 Å². The second-order valence-electron chi connectivity index (χ2n) is 2.99. The zero-order valence-corrected chi connectivity index (χ0v) is 8.60. The van der Waals surface area contributed by atoms with Crippen LogP contribution in [0.2, 0.25) is 0 Å². The molecular formula is C11H11OP. The van der Waals surface area contributed by atoms with Crippen molar-refractivity contribution in [2.45, 2.75) is 6.92 Å². The van der Waals surface area contributed by atoms with Crippen LogP contribution in [-0.4, -0.2) is 0 Å². The van der Waals surface area contributed by atoms with Crippen LogP contribution in [0.25, 0.3) is 11.3 Å². The monoisotopic (exact) mass is 190 g/mol. The Labute approximate surface area is 80.0 Å². The highest BCUT2D eigenvalue weighted by molar-refractivity contribution is 7.27. The summed E-state index contributed by atoms with van der Waals surface area (Å²) in [4.78, 5) is 0. The van der Waals surface area contributed by atoms with Crippen molar-refractivity contribution >= 4 is 14.5 Å². The molecule has 0 N–H and O–H groups in total. The van der Waals surface area contributed by atoms with Crippen LogP contribution in [0.4, 0.5) is 0 Å². The van der Waals surface area contributed by atoms with Crippen molar-refractivity contribution in [1.29, 1.82) is 0 Å². The fourth-order valence-electron chi connectivity index (χ4n) is 1.24. The van der Waals surface area contributed by atoms with Gasteiger partial charge >= 0.3 is 0 Å². The van der Waals surface area contributed by atoms with Gasteiger partial charge in [0.2, 0.25) is 0 Å². The first-order valence-electron chi connectivity index (χ1n) is 4.18. The maximum Gasteiger partial charge on any atom is 0.134 e. The predicted molar refractivity (Wildman–Crippen MR) is 58.2 cm³/mol. The third-order valence-electron chi connectivity index (χ3n) is 2.01. The largest absolute Gasteiger partial charge is 0.461 e. The molecule has 0 amide bonds. The molecule has 0 fully saturated rings. The fourth-order valence-corrected chi connectivity index (χ4v) is 1.45. The summed E-state index contributed by atoms with van der Waals surface area (Å²) in [6.45, 7) is 1.97. The molecule has 1 heterocycles. The third-order valence-corrected chi connectivity index (χ3v) is 2.59. The quantitative estimate of drug-likeness (QED) is 0.630. The minimum Gasteiger partial charge on any atom is -0.461 e. The predicted octanol–water partition coefficient (Wildman–Crippen LogP) is 2.76. The highest BCUT2D eigenvalue weighted by Crippen LogP contribution is 2.20. The second-order valence-corrected chi connectivity index (χ2v) is 3.61. The minimum atomic E-state index is 0.933. The molecule has 0 radical (unpaired) electrons. The van der Waals surface area contributed by atoms with Gasteiger partial charge in [0.1, 0.15) is 11.5 Å². The Balaban J connectivity index is 2.48.